The second kappa shape index (κ2) is 6.71. The van der Waals surface area contributed by atoms with Crippen molar-refractivity contribution in [1.82, 2.24) is 4.57 Å². The van der Waals surface area contributed by atoms with E-state index in [4.69, 9.17) is 0 Å². The largest absolute Gasteiger partial charge is 0.338 e. The summed E-state index contributed by atoms with van der Waals surface area (Å²) in [4.78, 5) is 24.3. The predicted molar refractivity (Wildman–Crippen MR) is 97.4 cm³/mol. The molecule has 3 aromatic rings. The van der Waals surface area contributed by atoms with Gasteiger partial charge >= 0.3 is 0 Å². The average molecular weight is 320 g/mol. The maximum atomic E-state index is 12.3. The number of pyridine rings is 1. The van der Waals surface area contributed by atoms with E-state index in [2.05, 4.69) is 12.2 Å². The summed E-state index contributed by atoms with van der Waals surface area (Å²) in [5.74, 6) is -0.121. The van der Waals surface area contributed by atoms with Crippen LogP contribution in [0.15, 0.2) is 59.5 Å². The fourth-order valence-corrected chi connectivity index (χ4v) is 2.74. The van der Waals surface area contributed by atoms with Gasteiger partial charge in [-0.25, -0.2) is 0 Å². The van der Waals surface area contributed by atoms with E-state index < -0.39 is 0 Å². The van der Waals surface area contributed by atoms with Crippen LogP contribution in [0, 0.1) is 6.92 Å². The summed E-state index contributed by atoms with van der Waals surface area (Å²) in [6, 6.07) is 15.0. The van der Waals surface area contributed by atoms with Crippen LogP contribution in [0.4, 0.5) is 5.69 Å². The summed E-state index contributed by atoms with van der Waals surface area (Å²) < 4.78 is 1.80. The van der Waals surface area contributed by atoms with Gasteiger partial charge in [0.15, 0.2) is 5.43 Å². The number of nitrogens with zero attached hydrogens (tertiary/aromatic N) is 1. The molecule has 1 heterocycles. The number of fused-ring (bicyclic) bond motifs is 1. The number of anilines is 1. The van der Waals surface area contributed by atoms with Crippen LogP contribution in [0.25, 0.3) is 10.9 Å². The van der Waals surface area contributed by atoms with Gasteiger partial charge in [0.1, 0.15) is 6.54 Å². The van der Waals surface area contributed by atoms with Crippen LogP contribution in [0.3, 0.4) is 0 Å². The zero-order chi connectivity index (χ0) is 17.1. The zero-order valence-corrected chi connectivity index (χ0v) is 13.9. The SMILES string of the molecule is CCc1ccc(NC(=O)Cn2ccc(=O)c3cc(C)ccc32)cc1. The molecule has 0 unspecified atom stereocenters. The maximum Gasteiger partial charge on any atom is 0.244 e. The minimum absolute atomic E-state index is 0.0273. The highest BCUT2D eigenvalue weighted by Crippen LogP contribution is 2.14. The van der Waals surface area contributed by atoms with E-state index in [-0.39, 0.29) is 17.9 Å². The normalized spacial score (nSPS) is 10.8. The molecule has 0 aliphatic heterocycles. The second-order valence-electron chi connectivity index (χ2n) is 5.93. The molecule has 4 heteroatoms. The van der Waals surface area contributed by atoms with Crippen molar-refractivity contribution in [2.24, 2.45) is 0 Å². The topological polar surface area (TPSA) is 51.1 Å². The third-order valence-electron chi connectivity index (χ3n) is 4.09. The lowest BCUT2D eigenvalue weighted by molar-refractivity contribution is -0.116. The minimum atomic E-state index is -0.121. The Morgan fingerprint density at radius 3 is 2.54 bits per heavy atom. The van der Waals surface area contributed by atoms with E-state index >= 15 is 0 Å². The summed E-state index contributed by atoms with van der Waals surface area (Å²) in [6.07, 6.45) is 2.64. The van der Waals surface area contributed by atoms with Gasteiger partial charge < -0.3 is 9.88 Å². The van der Waals surface area contributed by atoms with E-state index in [0.29, 0.717) is 5.39 Å². The fraction of sp³-hybridized carbons (Fsp3) is 0.200. The van der Waals surface area contributed by atoms with Crippen molar-refractivity contribution in [3.63, 3.8) is 0 Å². The van der Waals surface area contributed by atoms with Crippen LogP contribution >= 0.6 is 0 Å². The number of carbonyl (C=O) groups is 1. The summed E-state index contributed by atoms with van der Waals surface area (Å²) >= 11 is 0. The molecule has 4 nitrogen and oxygen atoms in total. The van der Waals surface area contributed by atoms with Crippen LogP contribution in [-0.2, 0) is 17.8 Å². The van der Waals surface area contributed by atoms with Gasteiger partial charge in [0.05, 0.1) is 5.52 Å². The molecule has 3 rings (SSSR count). The van der Waals surface area contributed by atoms with Crippen molar-refractivity contribution in [3.8, 4) is 0 Å². The number of aryl methyl sites for hydroxylation is 2. The first-order chi connectivity index (χ1) is 11.6. The number of rotatable bonds is 4. The van der Waals surface area contributed by atoms with Gasteiger partial charge in [0.2, 0.25) is 5.91 Å². The fourth-order valence-electron chi connectivity index (χ4n) is 2.74. The number of hydrogen-bond donors (Lipinski definition) is 1. The van der Waals surface area contributed by atoms with Gasteiger partial charge in [-0.3, -0.25) is 9.59 Å². The highest BCUT2D eigenvalue weighted by atomic mass is 16.2. The molecule has 0 saturated heterocycles. The van der Waals surface area contributed by atoms with Crippen LogP contribution in [-0.4, -0.2) is 10.5 Å². The van der Waals surface area contributed by atoms with E-state index in [9.17, 15) is 9.59 Å². The highest BCUT2D eigenvalue weighted by Gasteiger charge is 2.08. The zero-order valence-electron chi connectivity index (χ0n) is 13.9. The van der Waals surface area contributed by atoms with Gasteiger partial charge in [-0.1, -0.05) is 30.7 Å². The summed E-state index contributed by atoms with van der Waals surface area (Å²) in [5, 5.41) is 3.53. The lowest BCUT2D eigenvalue weighted by Crippen LogP contribution is -2.20. The molecule has 0 aliphatic rings. The number of hydrogen-bond acceptors (Lipinski definition) is 2. The van der Waals surface area contributed by atoms with Crippen molar-refractivity contribution in [2.45, 2.75) is 26.8 Å². The Morgan fingerprint density at radius 1 is 1.08 bits per heavy atom. The Bertz CT molecular complexity index is 940. The lowest BCUT2D eigenvalue weighted by atomic mass is 10.1. The standard InChI is InChI=1S/C20H20N2O2/c1-3-15-5-7-16(8-6-15)21-20(24)13-22-11-10-19(23)17-12-14(2)4-9-18(17)22/h4-12H,3,13H2,1-2H3,(H,21,24). The number of aromatic nitrogens is 1. The quantitative estimate of drug-likeness (QED) is 0.800. The molecule has 1 N–H and O–H groups in total. The molecule has 0 bridgehead atoms. The van der Waals surface area contributed by atoms with Crippen LogP contribution in [0.5, 0.6) is 0 Å². The van der Waals surface area contributed by atoms with Gasteiger partial charge in [-0.2, -0.15) is 0 Å². The molecule has 0 radical (unpaired) electrons. The Hall–Kier alpha value is -2.88. The molecule has 1 amide bonds. The molecule has 0 spiro atoms. The number of nitrogens with one attached hydrogen (secondary N) is 1. The van der Waals surface area contributed by atoms with Crippen molar-refractivity contribution in [2.75, 3.05) is 5.32 Å². The minimum Gasteiger partial charge on any atom is -0.338 e. The first kappa shape index (κ1) is 16.0. The van der Waals surface area contributed by atoms with Crippen LogP contribution in [0.1, 0.15) is 18.1 Å². The first-order valence-electron chi connectivity index (χ1n) is 8.05. The van der Waals surface area contributed by atoms with E-state index in [1.807, 2.05) is 49.4 Å². The molecule has 0 saturated carbocycles. The van der Waals surface area contributed by atoms with Crippen molar-refractivity contribution >= 4 is 22.5 Å². The monoisotopic (exact) mass is 320 g/mol. The van der Waals surface area contributed by atoms with Crippen LogP contribution < -0.4 is 10.7 Å². The first-order valence-corrected chi connectivity index (χ1v) is 8.05. The highest BCUT2D eigenvalue weighted by molar-refractivity contribution is 5.91. The summed E-state index contributed by atoms with van der Waals surface area (Å²) in [5.41, 5.74) is 3.77. The lowest BCUT2D eigenvalue weighted by Gasteiger charge is -2.12. The molecule has 0 aliphatic carbocycles. The van der Waals surface area contributed by atoms with Gasteiger partial charge in [0, 0.05) is 23.3 Å². The molecular formula is C20H20N2O2. The molecule has 0 fully saturated rings. The summed E-state index contributed by atoms with van der Waals surface area (Å²) in [6.45, 7) is 4.20. The van der Waals surface area contributed by atoms with Crippen molar-refractivity contribution < 1.29 is 4.79 Å². The number of carbonyl (C=O) groups excluding carboxylic acids is 1. The molecule has 1 aromatic heterocycles. The smallest absolute Gasteiger partial charge is 0.244 e. The second-order valence-corrected chi connectivity index (χ2v) is 5.93. The van der Waals surface area contributed by atoms with E-state index in [1.54, 1.807) is 10.8 Å². The third-order valence-corrected chi connectivity index (χ3v) is 4.09. The Balaban J connectivity index is 1.82. The number of amides is 1. The van der Waals surface area contributed by atoms with Gasteiger partial charge in [0.25, 0.3) is 0 Å². The van der Waals surface area contributed by atoms with Crippen LogP contribution in [0.2, 0.25) is 0 Å². The molecule has 122 valence electrons. The molecule has 0 atom stereocenters. The molecule has 2 aromatic carbocycles. The van der Waals surface area contributed by atoms with Crippen molar-refractivity contribution in [3.05, 3.63) is 76.1 Å². The van der Waals surface area contributed by atoms with Crippen molar-refractivity contribution in [1.29, 1.82) is 0 Å². The van der Waals surface area contributed by atoms with Gasteiger partial charge in [-0.15, -0.1) is 0 Å². The molecule has 24 heavy (non-hydrogen) atoms. The Kier molecular flexibility index (Phi) is 4.47. The maximum absolute atomic E-state index is 12.3. The summed E-state index contributed by atoms with van der Waals surface area (Å²) in [7, 11) is 0. The Morgan fingerprint density at radius 2 is 1.83 bits per heavy atom. The van der Waals surface area contributed by atoms with E-state index in [0.717, 1.165) is 23.2 Å². The number of benzene rings is 2. The average Bonchev–Trinajstić information content (AvgIpc) is 2.58. The van der Waals surface area contributed by atoms with Gasteiger partial charge in [-0.05, 0) is 43.2 Å². The third kappa shape index (κ3) is 3.38. The Labute approximate surface area is 140 Å². The predicted octanol–water partition coefficient (Wildman–Crippen LogP) is 3.51. The molecular weight excluding hydrogens is 300 g/mol. The van der Waals surface area contributed by atoms with E-state index in [1.165, 1.54) is 11.6 Å².